The summed E-state index contributed by atoms with van der Waals surface area (Å²) in [6.45, 7) is 9.70. The molecule has 0 N–H and O–H groups in total. The van der Waals surface area contributed by atoms with Gasteiger partial charge in [-0.25, -0.2) is 0 Å². The van der Waals surface area contributed by atoms with Crippen LogP contribution in [0, 0.1) is 5.41 Å². The third kappa shape index (κ3) is 6.67. The summed E-state index contributed by atoms with van der Waals surface area (Å²) in [6.07, 6.45) is 16.4. The van der Waals surface area contributed by atoms with Crippen molar-refractivity contribution in [3.8, 4) is 0 Å². The molecule has 137 valence electrons. The molecule has 0 heterocycles. The summed E-state index contributed by atoms with van der Waals surface area (Å²) in [5, 5.41) is 5.40. The van der Waals surface area contributed by atoms with E-state index in [0.717, 1.165) is 9.12 Å². The summed E-state index contributed by atoms with van der Waals surface area (Å²) >= 11 is -0.898. The molecule has 0 radical (unpaired) electrons. The van der Waals surface area contributed by atoms with E-state index in [1.165, 1.54) is 68.0 Å². The fourth-order valence-electron chi connectivity index (χ4n) is 4.41. The normalized spacial score (nSPS) is 28.2. The average Bonchev–Trinajstić information content (AvgIpc) is 2.55. The van der Waals surface area contributed by atoms with Crippen LogP contribution in [-0.2, 0) is 17.9 Å². The van der Waals surface area contributed by atoms with E-state index in [9.17, 15) is 0 Å². The van der Waals surface area contributed by atoms with Crippen molar-refractivity contribution in [3.05, 3.63) is 0 Å². The molecule has 4 atom stereocenters. The second-order valence-corrected chi connectivity index (χ2v) is 17.1. The van der Waals surface area contributed by atoms with Gasteiger partial charge in [0.1, 0.15) is 0 Å². The van der Waals surface area contributed by atoms with Gasteiger partial charge in [-0.1, -0.05) is 0 Å². The first-order valence-electron chi connectivity index (χ1n) is 10.3. The van der Waals surface area contributed by atoms with Crippen LogP contribution in [0.5, 0.6) is 0 Å². The van der Waals surface area contributed by atoms with Gasteiger partial charge in [-0.15, -0.1) is 0 Å². The van der Waals surface area contributed by atoms with Crippen LogP contribution in [-0.4, -0.2) is 21.4 Å². The molecule has 3 heteroatoms. The van der Waals surface area contributed by atoms with Gasteiger partial charge in [-0.3, -0.25) is 0 Å². The Kier molecular flexibility index (Phi) is 11.1. The average molecular weight is 393 g/mol. The van der Waals surface area contributed by atoms with Crippen LogP contribution in [0.2, 0.25) is 10.5 Å². The molecule has 0 aromatic heterocycles. The summed E-state index contributed by atoms with van der Waals surface area (Å²) < 4.78 is 0.837. The number of hydrogen-bond acceptors (Lipinski definition) is 0. The third-order valence-electron chi connectivity index (χ3n) is 6.37. The quantitative estimate of drug-likeness (QED) is 0.192. The van der Waals surface area contributed by atoms with Crippen LogP contribution in [0.3, 0.4) is 0 Å². The Bertz CT molecular complexity index is 315. The standard InChI is InChI=1S/C18H37P2.2CH3.Ti/c1-5-9-11-19-16-13-17(20-12-10-6-2)15-18(7-3,8-4)14-16;;;/h16,19-20H,5-15H2,1-4H3;2*1H3;. The van der Waals surface area contributed by atoms with Crippen LogP contribution >= 0.6 is 17.2 Å². The topological polar surface area (TPSA) is 0 Å². The zero-order chi connectivity index (χ0) is 17.3. The molecule has 0 aromatic carbocycles. The molecule has 23 heavy (non-hydrogen) atoms. The van der Waals surface area contributed by atoms with Crippen molar-refractivity contribution >= 4 is 17.2 Å². The van der Waals surface area contributed by atoms with E-state index in [0.29, 0.717) is 5.41 Å². The molecule has 1 fully saturated rings. The minimum atomic E-state index is -0.898. The molecule has 0 amide bonds. The Morgan fingerprint density at radius 1 is 0.913 bits per heavy atom. The van der Waals surface area contributed by atoms with Gasteiger partial charge < -0.3 is 0 Å². The Hall–Kier alpha value is 1.57. The van der Waals surface area contributed by atoms with Crippen LogP contribution in [0.4, 0.5) is 0 Å². The molecule has 0 saturated heterocycles. The van der Waals surface area contributed by atoms with Gasteiger partial charge in [0, 0.05) is 0 Å². The van der Waals surface area contributed by atoms with Gasteiger partial charge in [0.2, 0.25) is 0 Å². The second kappa shape index (κ2) is 11.3. The second-order valence-electron chi connectivity index (χ2n) is 8.16. The van der Waals surface area contributed by atoms with Crippen LogP contribution in [0.15, 0.2) is 0 Å². The monoisotopic (exact) mass is 393 g/mol. The molecule has 4 unspecified atom stereocenters. The van der Waals surface area contributed by atoms with E-state index in [1.54, 1.807) is 19.3 Å². The predicted molar refractivity (Wildman–Crippen MR) is 111 cm³/mol. The molecule has 0 nitrogen and oxygen atoms in total. The summed E-state index contributed by atoms with van der Waals surface area (Å²) in [5.74, 6) is 0. The van der Waals surface area contributed by atoms with Gasteiger partial charge in [0.25, 0.3) is 0 Å². The Labute approximate surface area is 157 Å². The first kappa shape index (κ1) is 22.6. The number of hydrogen-bond donors (Lipinski definition) is 0. The minimum absolute atomic E-state index is 0.700. The van der Waals surface area contributed by atoms with E-state index in [1.807, 2.05) is 0 Å². The van der Waals surface area contributed by atoms with Crippen molar-refractivity contribution in [2.75, 3.05) is 12.3 Å². The number of unbranched alkanes of at least 4 members (excludes halogenated alkanes) is 2. The molecule has 0 aromatic rings. The molecular weight excluding hydrogens is 350 g/mol. The van der Waals surface area contributed by atoms with Crippen molar-refractivity contribution < 1.29 is 17.9 Å². The van der Waals surface area contributed by atoms with Gasteiger partial charge in [-0.2, -0.15) is 0 Å². The molecule has 1 saturated carbocycles. The van der Waals surface area contributed by atoms with E-state index in [-0.39, 0.29) is 0 Å². The van der Waals surface area contributed by atoms with E-state index < -0.39 is 17.9 Å². The predicted octanol–water partition coefficient (Wildman–Crippen LogP) is 7.71. The fraction of sp³-hybridized carbons (Fsp3) is 1.00. The van der Waals surface area contributed by atoms with Gasteiger partial charge in [0.05, 0.1) is 0 Å². The zero-order valence-electron chi connectivity index (χ0n) is 16.9. The first-order chi connectivity index (χ1) is 11.0. The van der Waals surface area contributed by atoms with Crippen LogP contribution in [0.25, 0.3) is 0 Å². The number of rotatable bonds is 11. The summed E-state index contributed by atoms with van der Waals surface area (Å²) in [7, 11) is 2.54. The molecular formula is C20H43P2Ti. The van der Waals surface area contributed by atoms with Gasteiger partial charge >= 0.3 is 158 Å². The van der Waals surface area contributed by atoms with Crippen molar-refractivity contribution in [2.45, 2.75) is 105 Å². The van der Waals surface area contributed by atoms with E-state index in [2.05, 4.69) is 38.2 Å². The maximum atomic E-state index is 2.70. The molecule has 0 spiro atoms. The first-order valence-corrected chi connectivity index (χ1v) is 16.7. The summed E-state index contributed by atoms with van der Waals surface area (Å²) in [5.41, 5.74) is 1.78. The van der Waals surface area contributed by atoms with Crippen molar-refractivity contribution in [1.82, 2.24) is 0 Å². The van der Waals surface area contributed by atoms with Crippen molar-refractivity contribution in [2.24, 2.45) is 5.41 Å². The third-order valence-corrected chi connectivity index (χ3v) is 16.1. The molecule has 1 aliphatic carbocycles. The van der Waals surface area contributed by atoms with Crippen LogP contribution in [0.1, 0.15) is 85.5 Å². The van der Waals surface area contributed by atoms with Crippen molar-refractivity contribution in [1.29, 1.82) is 0 Å². The molecule has 0 aliphatic heterocycles. The molecule has 1 aliphatic rings. The molecule has 1 rings (SSSR count). The fourth-order valence-corrected chi connectivity index (χ4v) is 13.6. The van der Waals surface area contributed by atoms with Gasteiger partial charge in [0.15, 0.2) is 0 Å². The molecule has 0 bridgehead atoms. The van der Waals surface area contributed by atoms with Crippen molar-refractivity contribution in [3.63, 3.8) is 0 Å². The Morgan fingerprint density at radius 2 is 1.52 bits per heavy atom. The summed E-state index contributed by atoms with van der Waals surface area (Å²) in [6, 6.07) is 0. The summed E-state index contributed by atoms with van der Waals surface area (Å²) in [4.78, 5) is 0. The van der Waals surface area contributed by atoms with Gasteiger partial charge in [-0.05, 0) is 0 Å². The zero-order valence-corrected chi connectivity index (χ0v) is 20.4. The van der Waals surface area contributed by atoms with E-state index in [4.69, 9.17) is 0 Å². The Morgan fingerprint density at radius 3 is 2.04 bits per heavy atom. The SMILES string of the molecule is CCCCPC1CC(CC)(CC)C[C](PCCCC)([Ti]([CH3])[CH3])C1. The van der Waals surface area contributed by atoms with E-state index >= 15 is 0 Å². The Balaban J connectivity index is 2.91. The van der Waals surface area contributed by atoms with Crippen LogP contribution < -0.4 is 0 Å². The maximum absolute atomic E-state index is 2.70.